The Kier molecular flexibility index (Phi) is 6.57. The summed E-state index contributed by atoms with van der Waals surface area (Å²) >= 11 is 0. The standard InChI is InChI=1S/C13H20FN3O3S/c1-10(11-5-3-6-12(14)9-11)17-13(18)15-7-4-8-16-21(2,19)20/h3,5-6,9-10,16H,4,7-8H2,1-2H3,(H2,15,17,18). The van der Waals surface area contributed by atoms with Gasteiger partial charge in [-0.1, -0.05) is 12.1 Å². The van der Waals surface area contributed by atoms with Crippen molar-refractivity contribution in [2.45, 2.75) is 19.4 Å². The van der Waals surface area contributed by atoms with Crippen LogP contribution in [0.4, 0.5) is 9.18 Å². The van der Waals surface area contributed by atoms with Gasteiger partial charge in [0.05, 0.1) is 12.3 Å². The number of hydrogen-bond donors (Lipinski definition) is 3. The summed E-state index contributed by atoms with van der Waals surface area (Å²) in [5.41, 5.74) is 0.670. The van der Waals surface area contributed by atoms with Crippen molar-refractivity contribution in [3.05, 3.63) is 35.6 Å². The van der Waals surface area contributed by atoms with Crippen molar-refractivity contribution in [2.75, 3.05) is 19.3 Å². The van der Waals surface area contributed by atoms with Gasteiger partial charge in [0.25, 0.3) is 0 Å². The molecule has 1 aromatic carbocycles. The summed E-state index contributed by atoms with van der Waals surface area (Å²) in [7, 11) is -3.20. The van der Waals surface area contributed by atoms with Crippen LogP contribution in [0.25, 0.3) is 0 Å². The fraction of sp³-hybridized carbons (Fsp3) is 0.462. The fourth-order valence-electron chi connectivity index (χ4n) is 1.65. The van der Waals surface area contributed by atoms with Crippen molar-refractivity contribution < 1.29 is 17.6 Å². The third kappa shape index (κ3) is 7.62. The maximum Gasteiger partial charge on any atom is 0.315 e. The zero-order valence-corrected chi connectivity index (χ0v) is 12.8. The first kappa shape index (κ1) is 17.4. The lowest BCUT2D eigenvalue weighted by molar-refractivity contribution is 0.238. The second-order valence-electron chi connectivity index (χ2n) is 4.70. The molecule has 2 amide bonds. The third-order valence-electron chi connectivity index (χ3n) is 2.70. The molecule has 3 N–H and O–H groups in total. The number of halogens is 1. The molecule has 1 unspecified atom stereocenters. The molecule has 0 aliphatic heterocycles. The van der Waals surface area contributed by atoms with Crippen molar-refractivity contribution in [2.24, 2.45) is 0 Å². The topological polar surface area (TPSA) is 87.3 Å². The first-order valence-corrected chi connectivity index (χ1v) is 8.41. The highest BCUT2D eigenvalue weighted by Gasteiger charge is 2.09. The van der Waals surface area contributed by atoms with Crippen LogP contribution in [0.3, 0.4) is 0 Å². The van der Waals surface area contributed by atoms with Gasteiger partial charge in [-0.2, -0.15) is 0 Å². The summed E-state index contributed by atoms with van der Waals surface area (Å²) in [5, 5.41) is 5.28. The molecule has 118 valence electrons. The van der Waals surface area contributed by atoms with Gasteiger partial charge in [-0.3, -0.25) is 0 Å². The Balaban J connectivity index is 2.27. The second-order valence-corrected chi connectivity index (χ2v) is 6.53. The number of amides is 2. The van der Waals surface area contributed by atoms with Crippen LogP contribution in [0.15, 0.2) is 24.3 Å². The van der Waals surface area contributed by atoms with E-state index in [4.69, 9.17) is 0 Å². The molecule has 21 heavy (non-hydrogen) atoms. The van der Waals surface area contributed by atoms with E-state index in [1.165, 1.54) is 12.1 Å². The van der Waals surface area contributed by atoms with Crippen LogP contribution in [0, 0.1) is 5.82 Å². The highest BCUT2D eigenvalue weighted by molar-refractivity contribution is 7.88. The first-order chi connectivity index (χ1) is 9.78. The lowest BCUT2D eigenvalue weighted by atomic mass is 10.1. The molecule has 1 rings (SSSR count). The van der Waals surface area contributed by atoms with Gasteiger partial charge in [-0.15, -0.1) is 0 Å². The Morgan fingerprint density at radius 1 is 1.33 bits per heavy atom. The van der Waals surface area contributed by atoms with Crippen LogP contribution >= 0.6 is 0 Å². The molecule has 8 heteroatoms. The van der Waals surface area contributed by atoms with E-state index in [0.29, 0.717) is 18.5 Å². The van der Waals surface area contributed by atoms with Crippen LogP contribution in [0.5, 0.6) is 0 Å². The molecular formula is C13H20FN3O3S. The Morgan fingerprint density at radius 2 is 2.05 bits per heavy atom. The number of hydrogen-bond acceptors (Lipinski definition) is 3. The summed E-state index contributed by atoms with van der Waals surface area (Å²) in [4.78, 5) is 11.6. The summed E-state index contributed by atoms with van der Waals surface area (Å²) in [6.45, 7) is 2.35. The molecule has 6 nitrogen and oxygen atoms in total. The quantitative estimate of drug-likeness (QED) is 0.659. The van der Waals surface area contributed by atoms with E-state index in [0.717, 1.165) is 6.26 Å². The zero-order chi connectivity index (χ0) is 15.9. The van der Waals surface area contributed by atoms with Gasteiger partial charge in [0, 0.05) is 13.1 Å². The van der Waals surface area contributed by atoms with E-state index in [1.54, 1.807) is 19.1 Å². The van der Waals surface area contributed by atoms with Crippen molar-refractivity contribution >= 4 is 16.1 Å². The third-order valence-corrected chi connectivity index (χ3v) is 3.43. The molecule has 0 aliphatic rings. The molecule has 0 spiro atoms. The van der Waals surface area contributed by atoms with Crippen LogP contribution in [-0.4, -0.2) is 33.8 Å². The molecule has 0 saturated carbocycles. The summed E-state index contributed by atoms with van der Waals surface area (Å²) < 4.78 is 37.0. The van der Waals surface area contributed by atoms with E-state index in [2.05, 4.69) is 15.4 Å². The highest BCUT2D eigenvalue weighted by Crippen LogP contribution is 2.12. The number of carbonyl (C=O) groups excluding carboxylic acids is 1. The van der Waals surface area contributed by atoms with E-state index >= 15 is 0 Å². The van der Waals surface area contributed by atoms with Gasteiger partial charge >= 0.3 is 6.03 Å². The summed E-state index contributed by atoms with van der Waals surface area (Å²) in [5.74, 6) is -0.353. The van der Waals surface area contributed by atoms with Crippen molar-refractivity contribution in [1.82, 2.24) is 15.4 Å². The Bertz CT molecular complexity index is 578. The number of nitrogens with one attached hydrogen (secondary N) is 3. The fourth-order valence-corrected chi connectivity index (χ4v) is 2.17. The number of benzene rings is 1. The second kappa shape index (κ2) is 7.94. The molecule has 0 saturated heterocycles. The van der Waals surface area contributed by atoms with Crippen LogP contribution < -0.4 is 15.4 Å². The molecule has 1 aromatic rings. The molecule has 1 atom stereocenters. The van der Waals surface area contributed by atoms with E-state index in [9.17, 15) is 17.6 Å². The van der Waals surface area contributed by atoms with Gasteiger partial charge in [-0.25, -0.2) is 22.3 Å². The number of sulfonamides is 1. The SMILES string of the molecule is CC(NC(=O)NCCCNS(C)(=O)=O)c1cccc(F)c1. The maximum atomic E-state index is 13.1. The Morgan fingerprint density at radius 3 is 2.67 bits per heavy atom. The predicted octanol–water partition coefficient (Wildman–Crippen LogP) is 1.13. The normalized spacial score (nSPS) is 12.7. The van der Waals surface area contributed by atoms with E-state index in [-0.39, 0.29) is 24.4 Å². The van der Waals surface area contributed by atoms with Gasteiger partial charge in [0.2, 0.25) is 10.0 Å². The largest absolute Gasteiger partial charge is 0.338 e. The number of carbonyl (C=O) groups is 1. The molecule has 0 radical (unpaired) electrons. The van der Waals surface area contributed by atoms with Crippen molar-refractivity contribution in [3.63, 3.8) is 0 Å². The molecule has 0 aromatic heterocycles. The van der Waals surface area contributed by atoms with Crippen molar-refractivity contribution in [1.29, 1.82) is 0 Å². The van der Waals surface area contributed by atoms with Crippen molar-refractivity contribution in [3.8, 4) is 0 Å². The molecular weight excluding hydrogens is 297 g/mol. The first-order valence-electron chi connectivity index (χ1n) is 6.52. The van der Waals surface area contributed by atoms with Crippen LogP contribution in [0.1, 0.15) is 24.9 Å². The smallest absolute Gasteiger partial charge is 0.315 e. The Hall–Kier alpha value is -1.67. The minimum absolute atomic E-state index is 0.262. The summed E-state index contributed by atoms with van der Waals surface area (Å²) in [6, 6.07) is 5.30. The average molecular weight is 317 g/mol. The minimum atomic E-state index is -3.20. The predicted molar refractivity (Wildman–Crippen MR) is 78.8 cm³/mol. The lowest BCUT2D eigenvalue weighted by Crippen LogP contribution is -2.38. The number of urea groups is 1. The van der Waals surface area contributed by atoms with Gasteiger partial charge in [0.15, 0.2) is 0 Å². The molecule has 0 fully saturated rings. The van der Waals surface area contributed by atoms with Crippen LogP contribution in [0.2, 0.25) is 0 Å². The van der Waals surface area contributed by atoms with E-state index < -0.39 is 10.0 Å². The van der Waals surface area contributed by atoms with Crippen LogP contribution in [-0.2, 0) is 10.0 Å². The zero-order valence-electron chi connectivity index (χ0n) is 12.0. The minimum Gasteiger partial charge on any atom is -0.338 e. The van der Waals surface area contributed by atoms with Gasteiger partial charge < -0.3 is 10.6 Å². The lowest BCUT2D eigenvalue weighted by Gasteiger charge is -2.15. The summed E-state index contributed by atoms with van der Waals surface area (Å²) in [6.07, 6.45) is 1.56. The van der Waals surface area contributed by atoms with Gasteiger partial charge in [0.1, 0.15) is 5.82 Å². The van der Waals surface area contributed by atoms with E-state index in [1.807, 2.05) is 0 Å². The maximum absolute atomic E-state index is 13.1. The van der Waals surface area contributed by atoms with Gasteiger partial charge in [-0.05, 0) is 31.0 Å². The monoisotopic (exact) mass is 317 g/mol. The molecule has 0 aliphatic carbocycles. The Labute approximate surface area is 124 Å². The molecule has 0 bridgehead atoms. The average Bonchev–Trinajstić information content (AvgIpc) is 2.36. The molecule has 0 heterocycles. The number of rotatable bonds is 7. The highest BCUT2D eigenvalue weighted by atomic mass is 32.2.